The molecule has 1 heterocycles. The fourth-order valence-electron chi connectivity index (χ4n) is 1.96. The number of rotatable bonds is 6. The molecule has 6 nitrogen and oxygen atoms in total. The summed E-state index contributed by atoms with van der Waals surface area (Å²) in [4.78, 5) is 15.7. The predicted octanol–water partition coefficient (Wildman–Crippen LogP) is -1.48. The van der Waals surface area contributed by atoms with Crippen molar-refractivity contribution < 1.29 is 19.7 Å². The van der Waals surface area contributed by atoms with E-state index in [1.54, 1.807) is 9.80 Å². The highest BCUT2D eigenvalue weighted by Crippen LogP contribution is 2.06. The van der Waals surface area contributed by atoms with Gasteiger partial charge in [0, 0.05) is 26.2 Å². The third kappa shape index (κ3) is 4.23. The molecule has 0 aliphatic carbocycles. The van der Waals surface area contributed by atoms with Gasteiger partial charge in [-0.3, -0.25) is 9.69 Å². The minimum atomic E-state index is -0.313. The quantitative estimate of drug-likeness (QED) is 0.598. The van der Waals surface area contributed by atoms with Gasteiger partial charge < -0.3 is 19.8 Å². The molecule has 6 heteroatoms. The largest absolute Gasteiger partial charge is 0.395 e. The van der Waals surface area contributed by atoms with Crippen LogP contribution in [0.25, 0.3) is 0 Å². The highest BCUT2D eigenvalue weighted by molar-refractivity contribution is 5.81. The first-order chi connectivity index (χ1) is 8.20. The Morgan fingerprint density at radius 3 is 2.29 bits per heavy atom. The molecule has 2 N–H and O–H groups in total. The summed E-state index contributed by atoms with van der Waals surface area (Å²) in [5.41, 5.74) is 0. The van der Waals surface area contributed by atoms with Gasteiger partial charge in [0.25, 0.3) is 0 Å². The van der Waals surface area contributed by atoms with Gasteiger partial charge in [0.1, 0.15) is 0 Å². The summed E-state index contributed by atoms with van der Waals surface area (Å²) in [5.74, 6) is 0.0372. The Morgan fingerprint density at radius 1 is 1.29 bits per heavy atom. The molecule has 0 bridgehead atoms. The van der Waals surface area contributed by atoms with Crippen LogP contribution in [0.4, 0.5) is 0 Å². The van der Waals surface area contributed by atoms with E-state index in [9.17, 15) is 4.79 Å². The lowest BCUT2D eigenvalue weighted by molar-refractivity contribution is -0.140. The van der Waals surface area contributed by atoms with Crippen molar-refractivity contribution in [2.24, 2.45) is 0 Å². The molecule has 0 saturated carbocycles. The summed E-state index contributed by atoms with van der Waals surface area (Å²) in [6, 6.07) is -0.313. The maximum Gasteiger partial charge on any atom is 0.239 e. The normalized spacial score (nSPS) is 18.5. The molecule has 1 unspecified atom stereocenters. The summed E-state index contributed by atoms with van der Waals surface area (Å²) in [7, 11) is 0. The first-order valence-electron chi connectivity index (χ1n) is 6.03. The molecular weight excluding hydrogens is 224 g/mol. The number of nitrogens with zero attached hydrogens (tertiary/aromatic N) is 2. The number of hydrogen-bond donors (Lipinski definition) is 2. The Morgan fingerprint density at radius 2 is 1.82 bits per heavy atom. The van der Waals surface area contributed by atoms with Crippen LogP contribution in [0.5, 0.6) is 0 Å². The van der Waals surface area contributed by atoms with Crippen molar-refractivity contribution in [3.63, 3.8) is 0 Å². The topological polar surface area (TPSA) is 73.2 Å². The van der Waals surface area contributed by atoms with Crippen LogP contribution in [0.15, 0.2) is 0 Å². The Hall–Kier alpha value is -0.690. The molecule has 0 radical (unpaired) electrons. The molecular formula is C11H22N2O4. The summed E-state index contributed by atoms with van der Waals surface area (Å²) in [6.45, 7) is 4.99. The van der Waals surface area contributed by atoms with E-state index in [0.717, 1.165) is 0 Å². The summed E-state index contributed by atoms with van der Waals surface area (Å²) < 4.78 is 5.20. The minimum Gasteiger partial charge on any atom is -0.395 e. The van der Waals surface area contributed by atoms with Crippen LogP contribution in [0, 0.1) is 0 Å². The highest BCUT2D eigenvalue weighted by atomic mass is 16.5. The van der Waals surface area contributed by atoms with E-state index in [4.69, 9.17) is 14.9 Å². The minimum absolute atomic E-state index is 0.0132. The van der Waals surface area contributed by atoms with E-state index in [2.05, 4.69) is 0 Å². The maximum atomic E-state index is 12.2. The third-order valence-corrected chi connectivity index (χ3v) is 3.00. The zero-order valence-corrected chi connectivity index (χ0v) is 10.3. The Balaban J connectivity index is 2.51. The van der Waals surface area contributed by atoms with Crippen LogP contribution in [0.2, 0.25) is 0 Å². The number of aliphatic hydroxyl groups is 2. The van der Waals surface area contributed by atoms with Gasteiger partial charge in [-0.25, -0.2) is 0 Å². The van der Waals surface area contributed by atoms with Gasteiger partial charge in [0.15, 0.2) is 0 Å². The second-order valence-corrected chi connectivity index (χ2v) is 4.10. The second kappa shape index (κ2) is 7.60. The maximum absolute atomic E-state index is 12.2. The molecule has 1 aliphatic heterocycles. The summed E-state index contributed by atoms with van der Waals surface area (Å²) in [6.07, 6.45) is 0. The van der Waals surface area contributed by atoms with E-state index >= 15 is 0 Å². The van der Waals surface area contributed by atoms with Crippen LogP contribution in [0.3, 0.4) is 0 Å². The van der Waals surface area contributed by atoms with Crippen LogP contribution < -0.4 is 0 Å². The van der Waals surface area contributed by atoms with Crippen molar-refractivity contribution in [3.8, 4) is 0 Å². The fourth-order valence-corrected chi connectivity index (χ4v) is 1.96. The van der Waals surface area contributed by atoms with Crippen molar-refractivity contribution in [3.05, 3.63) is 0 Å². The zero-order chi connectivity index (χ0) is 12.7. The number of hydrogen-bond acceptors (Lipinski definition) is 5. The van der Waals surface area contributed by atoms with E-state index < -0.39 is 0 Å². The molecule has 1 atom stereocenters. The van der Waals surface area contributed by atoms with Crippen molar-refractivity contribution in [2.75, 3.05) is 52.6 Å². The molecule has 0 aromatic carbocycles. The molecule has 0 aromatic rings. The van der Waals surface area contributed by atoms with Crippen molar-refractivity contribution in [1.82, 2.24) is 9.80 Å². The summed E-state index contributed by atoms with van der Waals surface area (Å²) in [5, 5.41) is 17.9. The van der Waals surface area contributed by atoms with E-state index in [-0.39, 0.29) is 25.2 Å². The Bertz CT molecular complexity index is 226. The molecule has 17 heavy (non-hydrogen) atoms. The van der Waals surface area contributed by atoms with Gasteiger partial charge in [-0.05, 0) is 6.92 Å². The zero-order valence-electron chi connectivity index (χ0n) is 10.3. The molecule has 0 aromatic heterocycles. The standard InChI is InChI=1S/C11H22N2O4/c1-10(12(2-6-14)3-7-15)11(16)13-4-8-17-9-5-13/h10,14-15H,2-9H2,1H3. The lowest BCUT2D eigenvalue weighted by atomic mass is 10.2. The van der Waals surface area contributed by atoms with Crippen molar-refractivity contribution in [1.29, 1.82) is 0 Å². The highest BCUT2D eigenvalue weighted by Gasteiger charge is 2.26. The number of amides is 1. The van der Waals surface area contributed by atoms with E-state index in [0.29, 0.717) is 39.4 Å². The lowest BCUT2D eigenvalue weighted by Crippen LogP contribution is -2.51. The number of ether oxygens (including phenoxy) is 1. The van der Waals surface area contributed by atoms with Gasteiger partial charge in [-0.15, -0.1) is 0 Å². The van der Waals surface area contributed by atoms with Crippen LogP contribution in [-0.4, -0.2) is 84.6 Å². The number of morpholine rings is 1. The predicted molar refractivity (Wildman–Crippen MR) is 62.6 cm³/mol. The Kier molecular flexibility index (Phi) is 6.43. The number of carbonyl (C=O) groups is 1. The summed E-state index contributed by atoms with van der Waals surface area (Å²) >= 11 is 0. The van der Waals surface area contributed by atoms with E-state index in [1.807, 2.05) is 6.92 Å². The second-order valence-electron chi connectivity index (χ2n) is 4.10. The van der Waals surface area contributed by atoms with Gasteiger partial charge in [-0.2, -0.15) is 0 Å². The number of carbonyl (C=O) groups excluding carboxylic acids is 1. The molecule has 1 saturated heterocycles. The number of aliphatic hydroxyl groups excluding tert-OH is 2. The smallest absolute Gasteiger partial charge is 0.239 e. The first kappa shape index (κ1) is 14.4. The van der Waals surface area contributed by atoms with Gasteiger partial charge in [-0.1, -0.05) is 0 Å². The van der Waals surface area contributed by atoms with Gasteiger partial charge in [0.05, 0.1) is 32.5 Å². The average Bonchev–Trinajstić information content (AvgIpc) is 2.38. The van der Waals surface area contributed by atoms with Crippen molar-refractivity contribution in [2.45, 2.75) is 13.0 Å². The Labute approximate surface area is 102 Å². The molecule has 0 spiro atoms. The third-order valence-electron chi connectivity index (χ3n) is 3.00. The molecule has 1 aliphatic rings. The monoisotopic (exact) mass is 246 g/mol. The molecule has 1 amide bonds. The van der Waals surface area contributed by atoms with Crippen LogP contribution in [-0.2, 0) is 9.53 Å². The SMILES string of the molecule is CC(C(=O)N1CCOCC1)N(CCO)CCO. The van der Waals surface area contributed by atoms with E-state index in [1.165, 1.54) is 0 Å². The lowest BCUT2D eigenvalue weighted by Gasteiger charge is -2.33. The molecule has 1 rings (SSSR count). The van der Waals surface area contributed by atoms with Gasteiger partial charge >= 0.3 is 0 Å². The first-order valence-corrected chi connectivity index (χ1v) is 6.03. The van der Waals surface area contributed by atoms with Crippen LogP contribution in [0.1, 0.15) is 6.92 Å². The molecule has 1 fully saturated rings. The van der Waals surface area contributed by atoms with Gasteiger partial charge in [0.2, 0.25) is 5.91 Å². The fraction of sp³-hybridized carbons (Fsp3) is 0.909. The van der Waals surface area contributed by atoms with Crippen molar-refractivity contribution >= 4 is 5.91 Å². The molecule has 100 valence electrons. The van der Waals surface area contributed by atoms with Crippen LogP contribution >= 0.6 is 0 Å². The average molecular weight is 246 g/mol.